The molecule has 1 heterocycles. The van der Waals surface area contributed by atoms with Crippen molar-refractivity contribution >= 4 is 27.8 Å². The van der Waals surface area contributed by atoms with Crippen LogP contribution in [0.15, 0.2) is 0 Å². The van der Waals surface area contributed by atoms with Crippen LogP contribution in [0.4, 0.5) is 0 Å². The summed E-state index contributed by atoms with van der Waals surface area (Å²) in [4.78, 5) is 36.0. The lowest BCUT2D eigenvalue weighted by Crippen LogP contribution is -2.41. The van der Waals surface area contributed by atoms with Crippen molar-refractivity contribution in [3.63, 3.8) is 0 Å². The zero-order valence-corrected chi connectivity index (χ0v) is 12.1. The van der Waals surface area contributed by atoms with E-state index in [1.807, 2.05) is 0 Å². The second kappa shape index (κ2) is 5.52. The smallest absolute Gasteiger partial charge is 0.368 e. The fourth-order valence-corrected chi connectivity index (χ4v) is 4.73. The van der Waals surface area contributed by atoms with Crippen LogP contribution in [-0.4, -0.2) is 48.1 Å². The summed E-state index contributed by atoms with van der Waals surface area (Å²) in [7, 11) is -10.7. The minimum Gasteiger partial charge on any atom is -0.368 e. The van der Waals surface area contributed by atoms with Crippen LogP contribution >= 0.6 is 27.8 Å². The van der Waals surface area contributed by atoms with Gasteiger partial charge in [0.05, 0.1) is 0 Å². The van der Waals surface area contributed by atoms with Crippen molar-refractivity contribution in [3.8, 4) is 0 Å². The van der Waals surface area contributed by atoms with Crippen molar-refractivity contribution < 1.29 is 33.8 Å². The number of aliphatic hydroxyl groups is 1. The maximum atomic E-state index is 11.2. The molecule has 0 amide bonds. The first kappa shape index (κ1) is 16.6. The van der Waals surface area contributed by atoms with Crippen LogP contribution in [0.5, 0.6) is 0 Å². The quantitative estimate of drug-likeness (QED) is 0.265. The van der Waals surface area contributed by atoms with Gasteiger partial charge in [-0.1, -0.05) is 0 Å². The van der Waals surface area contributed by atoms with Crippen molar-refractivity contribution in [1.82, 2.24) is 5.32 Å². The maximum absolute atomic E-state index is 11.2. The second-order valence-corrected chi connectivity index (χ2v) is 9.22. The highest BCUT2D eigenvalue weighted by Gasteiger charge is 2.60. The molecule has 108 valence electrons. The Morgan fingerprint density at radius 3 is 2.06 bits per heavy atom. The summed E-state index contributed by atoms with van der Waals surface area (Å²) in [5.41, 5.74) is 0. The minimum atomic E-state index is -5.36. The van der Waals surface area contributed by atoms with Crippen molar-refractivity contribution in [1.29, 1.82) is 0 Å². The van der Waals surface area contributed by atoms with Gasteiger partial charge in [0, 0.05) is 18.2 Å². The van der Waals surface area contributed by atoms with Gasteiger partial charge in [-0.25, -0.2) is 0 Å². The molecule has 11 heteroatoms. The molecule has 0 saturated carbocycles. The normalized spacial score (nSPS) is 27.2. The zero-order valence-electron chi connectivity index (χ0n) is 9.38. The molecule has 0 aromatic heterocycles. The molecular formula is C7H17NO7P2S. The number of rotatable bonds is 4. The maximum Gasteiger partial charge on any atom is 0.369 e. The van der Waals surface area contributed by atoms with Gasteiger partial charge in [-0.2, -0.15) is 12.6 Å². The molecule has 2 atom stereocenters. The Morgan fingerprint density at radius 1 is 1.17 bits per heavy atom. The van der Waals surface area contributed by atoms with Crippen molar-refractivity contribution in [3.05, 3.63) is 0 Å². The molecule has 0 radical (unpaired) electrons. The first-order valence-corrected chi connectivity index (χ1v) is 8.94. The van der Waals surface area contributed by atoms with E-state index < -0.39 is 32.6 Å². The average molecular weight is 321 g/mol. The standard InChI is InChI=1S/C7H17NO7P2S/c9-7(16(10,11)12,17(13,14)15)2-5-1-6(18)4-8-3-5/h5-6,8-9,18H,1-4H2,(H2,10,11,12)(H2,13,14,15). The van der Waals surface area contributed by atoms with Crippen LogP contribution in [-0.2, 0) is 9.13 Å². The van der Waals surface area contributed by atoms with Crippen LogP contribution in [0.1, 0.15) is 12.8 Å². The first-order chi connectivity index (χ1) is 7.97. The van der Waals surface area contributed by atoms with Crippen molar-refractivity contribution in [2.45, 2.75) is 23.2 Å². The van der Waals surface area contributed by atoms with Crippen LogP contribution in [0, 0.1) is 5.92 Å². The SMILES string of the molecule is O=P(O)(O)C(O)(CC1CNCC(S)C1)P(=O)(O)O. The number of thiol groups is 1. The molecular weight excluding hydrogens is 304 g/mol. The fraction of sp³-hybridized carbons (Fsp3) is 1.00. The Kier molecular flexibility index (Phi) is 5.10. The lowest BCUT2D eigenvalue weighted by atomic mass is 9.96. The molecule has 1 saturated heterocycles. The minimum absolute atomic E-state index is 0.0819. The molecule has 0 bridgehead atoms. The van der Waals surface area contributed by atoms with Gasteiger partial charge < -0.3 is 30.0 Å². The van der Waals surface area contributed by atoms with Crippen LogP contribution in [0.3, 0.4) is 0 Å². The van der Waals surface area contributed by atoms with E-state index in [9.17, 15) is 14.2 Å². The lowest BCUT2D eigenvalue weighted by molar-refractivity contribution is 0.102. The summed E-state index contributed by atoms with van der Waals surface area (Å²) in [6.07, 6.45) is -0.260. The summed E-state index contributed by atoms with van der Waals surface area (Å²) in [6, 6.07) is 0. The van der Waals surface area contributed by atoms with Gasteiger partial charge in [0.15, 0.2) is 0 Å². The third-order valence-electron chi connectivity index (χ3n) is 2.91. The number of nitrogens with one attached hydrogen (secondary N) is 1. The molecule has 1 rings (SSSR count). The lowest BCUT2D eigenvalue weighted by Gasteiger charge is -2.35. The summed E-state index contributed by atoms with van der Waals surface area (Å²) >= 11 is 4.18. The monoisotopic (exact) mass is 321 g/mol. The van der Waals surface area contributed by atoms with Crippen molar-refractivity contribution in [2.24, 2.45) is 5.92 Å². The van der Waals surface area contributed by atoms with Crippen LogP contribution in [0.25, 0.3) is 0 Å². The average Bonchev–Trinajstić information content (AvgIpc) is 2.13. The van der Waals surface area contributed by atoms with E-state index in [1.165, 1.54) is 0 Å². The summed E-state index contributed by atoms with van der Waals surface area (Å²) in [6.45, 7) is 0.920. The number of hydrogen-bond acceptors (Lipinski definition) is 5. The number of hydrogen-bond donors (Lipinski definition) is 7. The molecule has 0 aromatic rings. The van der Waals surface area contributed by atoms with Gasteiger partial charge in [-0.05, 0) is 18.9 Å². The predicted molar refractivity (Wildman–Crippen MR) is 67.4 cm³/mol. The van der Waals surface area contributed by atoms with Gasteiger partial charge in [-0.3, -0.25) is 9.13 Å². The number of piperidine rings is 1. The summed E-state index contributed by atoms with van der Waals surface area (Å²) < 4.78 is 22.3. The Labute approximate surface area is 110 Å². The van der Waals surface area contributed by atoms with Gasteiger partial charge in [0.2, 0.25) is 0 Å². The van der Waals surface area contributed by atoms with E-state index in [2.05, 4.69) is 17.9 Å². The molecule has 1 aliphatic heterocycles. The van der Waals surface area contributed by atoms with E-state index in [1.54, 1.807) is 0 Å². The highest BCUT2D eigenvalue weighted by molar-refractivity contribution is 7.81. The highest BCUT2D eigenvalue weighted by atomic mass is 32.1. The first-order valence-electron chi connectivity index (χ1n) is 5.20. The Balaban J connectivity index is 2.94. The van der Waals surface area contributed by atoms with Crippen LogP contribution in [0.2, 0.25) is 0 Å². The molecule has 1 fully saturated rings. The largest absolute Gasteiger partial charge is 0.369 e. The van der Waals surface area contributed by atoms with E-state index in [0.29, 0.717) is 19.5 Å². The van der Waals surface area contributed by atoms with Crippen LogP contribution < -0.4 is 5.32 Å². The third kappa shape index (κ3) is 3.56. The Bertz CT molecular complexity index is 371. The molecule has 8 nitrogen and oxygen atoms in total. The van der Waals surface area contributed by atoms with Gasteiger partial charge in [-0.15, -0.1) is 0 Å². The van der Waals surface area contributed by atoms with Gasteiger partial charge >= 0.3 is 15.2 Å². The van der Waals surface area contributed by atoms with Gasteiger partial charge in [0.25, 0.3) is 5.08 Å². The van der Waals surface area contributed by atoms with E-state index >= 15 is 0 Å². The molecule has 0 aliphatic carbocycles. The van der Waals surface area contributed by atoms with E-state index in [4.69, 9.17) is 19.6 Å². The second-order valence-electron chi connectivity index (χ2n) is 4.48. The topological polar surface area (TPSA) is 147 Å². The zero-order chi connectivity index (χ0) is 14.2. The molecule has 1 aliphatic rings. The molecule has 18 heavy (non-hydrogen) atoms. The Morgan fingerprint density at radius 2 is 1.67 bits per heavy atom. The Hall–Kier alpha value is 0.570. The highest BCUT2D eigenvalue weighted by Crippen LogP contribution is 2.69. The van der Waals surface area contributed by atoms with Crippen molar-refractivity contribution in [2.75, 3.05) is 13.1 Å². The summed E-state index contributed by atoms with van der Waals surface area (Å²) in [5, 5.41) is 9.26. The molecule has 0 aromatic carbocycles. The predicted octanol–water partition coefficient (Wildman–Crippen LogP) is -0.714. The van der Waals surface area contributed by atoms with E-state index in [0.717, 1.165) is 0 Å². The molecule has 0 spiro atoms. The molecule has 2 unspecified atom stereocenters. The fourth-order valence-electron chi connectivity index (χ4n) is 1.96. The molecule has 6 N–H and O–H groups in total. The summed E-state index contributed by atoms with van der Waals surface area (Å²) in [5.74, 6) is -0.466. The van der Waals surface area contributed by atoms with Gasteiger partial charge in [0.1, 0.15) is 0 Å². The van der Waals surface area contributed by atoms with E-state index in [-0.39, 0.29) is 5.25 Å². The third-order valence-corrected chi connectivity index (χ3v) is 7.10.